The van der Waals surface area contributed by atoms with Crippen LogP contribution in [0.25, 0.3) is 0 Å². The number of nitriles is 4. The smallest absolute Gasteiger partial charge is 0.334 e. The molecular weight excluding hydrogens is 1140 g/mol. The molecule has 18 heteroatoms. The van der Waals surface area contributed by atoms with Gasteiger partial charge >= 0.3 is 24.1 Å². The number of rotatable bonds is 20. The number of nitrogens with one attached hydrogen (secondary N) is 4. The van der Waals surface area contributed by atoms with Crippen molar-refractivity contribution in [2.75, 3.05) is 31.1 Å². The van der Waals surface area contributed by atoms with Crippen LogP contribution in [-0.4, -0.2) is 24.1 Å². The Hall–Kier alpha value is -13.2. The second-order valence-corrected chi connectivity index (χ2v) is 20.7. The first-order valence-corrected chi connectivity index (χ1v) is 28.4. The van der Waals surface area contributed by atoms with Gasteiger partial charge in [0.05, 0.1) is 11.4 Å². The first kappa shape index (κ1) is 60.9. The van der Waals surface area contributed by atoms with E-state index in [-0.39, 0.29) is 11.4 Å². The van der Waals surface area contributed by atoms with Crippen molar-refractivity contribution in [3.63, 3.8) is 0 Å². The number of amides is 8. The van der Waals surface area contributed by atoms with Gasteiger partial charge in [0, 0.05) is 22.7 Å². The molecule has 0 fully saturated rings. The van der Waals surface area contributed by atoms with Crippen LogP contribution in [0.2, 0.25) is 0 Å². The van der Waals surface area contributed by atoms with E-state index in [9.17, 15) is 19.2 Å². The first-order valence-electron chi connectivity index (χ1n) is 28.4. The highest BCUT2D eigenvalue weighted by molar-refractivity contribution is 6.22. The lowest BCUT2D eigenvalue weighted by atomic mass is 10.0. The van der Waals surface area contributed by atoms with Crippen LogP contribution in [-0.2, 0) is 32.1 Å². The molecule has 0 saturated carbocycles. The summed E-state index contributed by atoms with van der Waals surface area (Å²) in [5.41, 5.74) is 11.8. The minimum atomic E-state index is -0.715. The summed E-state index contributed by atoms with van der Waals surface area (Å²) in [5, 5.41) is 46.9. The van der Waals surface area contributed by atoms with Gasteiger partial charge in [-0.2, -0.15) is 0 Å². The van der Waals surface area contributed by atoms with Gasteiger partial charge in [-0.25, -0.2) is 29.0 Å². The molecule has 0 aromatic heterocycles. The fourth-order valence-electron chi connectivity index (χ4n) is 9.81. The Bertz CT molecular complexity index is 3810. The molecule has 444 valence electrons. The zero-order valence-corrected chi connectivity index (χ0v) is 48.6. The van der Waals surface area contributed by atoms with Crippen molar-refractivity contribution >= 4 is 58.2 Å². The van der Waals surface area contributed by atoms with Crippen LogP contribution in [0.5, 0.6) is 23.0 Å². The number of urea groups is 4. The third kappa shape index (κ3) is 17.1. The summed E-state index contributed by atoms with van der Waals surface area (Å²) < 4.78 is 19.6. The van der Waals surface area contributed by atoms with Crippen LogP contribution in [0.1, 0.15) is 55.6 Å². The minimum absolute atomic E-state index is 0.281. The predicted molar refractivity (Wildman–Crippen MR) is 344 cm³/mol. The van der Waals surface area contributed by atoms with E-state index in [1.165, 1.54) is 0 Å². The fraction of sp³-hybridized carbons (Fsp3) is 0.0685. The van der Waals surface area contributed by atoms with E-state index in [1.807, 2.05) is 121 Å². The van der Waals surface area contributed by atoms with Gasteiger partial charge in [0.2, 0.25) is 0 Å². The molecule has 10 aromatic carbocycles. The zero-order valence-electron chi connectivity index (χ0n) is 48.6. The highest BCUT2D eigenvalue weighted by Gasteiger charge is 2.26. The molecular formula is C73H54N10O8. The number of hydrogen-bond donors (Lipinski definition) is 4. The van der Waals surface area contributed by atoms with Gasteiger partial charge in [0.25, 0.3) is 25.0 Å². The van der Waals surface area contributed by atoms with Crippen LogP contribution >= 0.6 is 0 Å². The molecule has 0 spiro atoms. The lowest BCUT2D eigenvalue weighted by Gasteiger charge is -2.23. The lowest BCUT2D eigenvalue weighted by molar-refractivity contribution is 0.245. The molecule has 0 bridgehead atoms. The summed E-state index contributed by atoms with van der Waals surface area (Å²) in [7, 11) is 0. The van der Waals surface area contributed by atoms with Crippen molar-refractivity contribution in [2.45, 2.75) is 32.1 Å². The normalized spacial score (nSPS) is 10.3. The number of ether oxygens (including phenoxy) is 4. The number of nitrogens with zero attached hydrogens (tertiary/aromatic N) is 6. The number of carbonyl (C=O) groups is 4. The maximum atomic E-state index is 14.3. The van der Waals surface area contributed by atoms with E-state index in [1.54, 1.807) is 146 Å². The monoisotopic (exact) mass is 1200 g/mol. The Morgan fingerprint density at radius 2 is 0.407 bits per heavy atom. The van der Waals surface area contributed by atoms with Crippen molar-refractivity contribution in [3.05, 3.63) is 298 Å². The Labute approximate surface area is 524 Å². The van der Waals surface area contributed by atoms with Crippen molar-refractivity contribution in [2.24, 2.45) is 0 Å². The minimum Gasteiger partial charge on any atom is -0.388 e. The number of hydrogen-bond acceptors (Lipinski definition) is 12. The van der Waals surface area contributed by atoms with Gasteiger partial charge in [0.1, 0.15) is 23.0 Å². The average molecular weight is 1200 g/mol. The van der Waals surface area contributed by atoms with Gasteiger partial charge in [-0.1, -0.05) is 121 Å². The molecule has 8 amide bonds. The second-order valence-electron chi connectivity index (χ2n) is 20.7. The number of benzene rings is 10. The maximum Gasteiger partial charge on any atom is 0.334 e. The van der Waals surface area contributed by atoms with Crippen molar-refractivity contribution in [1.82, 2.24) is 0 Å². The molecule has 0 aliphatic heterocycles. The summed E-state index contributed by atoms with van der Waals surface area (Å²) in [6, 6.07) is 68.8. The Balaban J connectivity index is 0.843. The van der Waals surface area contributed by atoms with Gasteiger partial charge < -0.3 is 40.2 Å². The lowest BCUT2D eigenvalue weighted by Crippen LogP contribution is -2.42. The standard InChI is InChI=1S/C73H54N10O8/c74-46-88-66-33-13-56(14-34-66)41-50-1-21-60(22-2-50)78-70(84)82(71(85)79-61-23-3-51(4-24-61)42-57-15-35-67(36-16-57)89-47-75)64-29-9-54(10-30-64)45-55-11-31-65(32-12-55)83(72(86)80-62-25-5-52(6-26-62)43-58-17-37-68(38-18-58)90-48-76)73(87)81-63-27-7-53(8-28-63)44-59-19-39-69(40-20-59)91-49-77/h1-40H,41-45H2,(H,78,84)(H,79,85)(H,80,86)(H,81,87). The zero-order chi connectivity index (χ0) is 63.3. The predicted octanol–water partition coefficient (Wildman–Crippen LogP) is 15.6. The van der Waals surface area contributed by atoms with Crippen LogP contribution in [0.3, 0.4) is 0 Å². The molecule has 0 radical (unpaired) electrons. The van der Waals surface area contributed by atoms with E-state index in [0.717, 1.165) is 65.4 Å². The third-order valence-corrected chi connectivity index (χ3v) is 14.4. The largest absolute Gasteiger partial charge is 0.388 e. The first-order chi connectivity index (χ1) is 44.4. The van der Waals surface area contributed by atoms with E-state index < -0.39 is 24.1 Å². The van der Waals surface area contributed by atoms with Crippen LogP contribution in [0.4, 0.5) is 53.3 Å². The summed E-state index contributed by atoms with van der Waals surface area (Å²) >= 11 is 0. The fourth-order valence-corrected chi connectivity index (χ4v) is 9.81. The van der Waals surface area contributed by atoms with Crippen LogP contribution in [0, 0.1) is 46.1 Å². The van der Waals surface area contributed by atoms with Gasteiger partial charge in [-0.3, -0.25) is 0 Å². The Morgan fingerprint density at radius 3 is 0.571 bits per heavy atom. The topological polar surface area (TPSA) is 255 Å². The molecule has 0 heterocycles. The van der Waals surface area contributed by atoms with Crippen LogP contribution in [0.15, 0.2) is 243 Å². The van der Waals surface area contributed by atoms with E-state index in [2.05, 4.69) is 21.3 Å². The Kier molecular flexibility index (Phi) is 19.9. The molecule has 18 nitrogen and oxygen atoms in total. The summed E-state index contributed by atoms with van der Waals surface area (Å²) in [5.74, 6) is 1.76. The molecule has 0 atom stereocenters. The molecule has 0 aliphatic rings. The van der Waals surface area contributed by atoms with E-state index >= 15 is 0 Å². The van der Waals surface area contributed by atoms with Crippen molar-refractivity contribution in [1.29, 1.82) is 21.0 Å². The summed E-state index contributed by atoms with van der Waals surface area (Å²) in [6.45, 7) is 0. The molecule has 10 aromatic rings. The van der Waals surface area contributed by atoms with E-state index in [0.29, 0.717) is 77.9 Å². The average Bonchev–Trinajstić information content (AvgIpc) is 1.52. The molecule has 91 heavy (non-hydrogen) atoms. The summed E-state index contributed by atoms with van der Waals surface area (Å²) in [6.07, 6.45) is 9.39. The van der Waals surface area contributed by atoms with Gasteiger partial charge in [-0.15, -0.1) is 21.0 Å². The molecule has 0 saturated heterocycles. The quantitative estimate of drug-likeness (QED) is 0.0520. The molecule has 0 unspecified atom stereocenters. The molecule has 10 rings (SSSR count). The summed E-state index contributed by atoms with van der Waals surface area (Å²) in [4.78, 5) is 59.3. The molecule has 0 aliphatic carbocycles. The highest BCUT2D eigenvalue weighted by atomic mass is 16.5. The van der Waals surface area contributed by atoms with Crippen LogP contribution < -0.4 is 50.0 Å². The second kappa shape index (κ2) is 29.8. The van der Waals surface area contributed by atoms with Gasteiger partial charge in [-0.05, 0) is 209 Å². The van der Waals surface area contributed by atoms with E-state index in [4.69, 9.17) is 40.0 Å². The molecule has 4 N–H and O–H groups in total. The van der Waals surface area contributed by atoms with Crippen molar-refractivity contribution < 1.29 is 38.1 Å². The SMILES string of the molecule is N#COc1ccc(Cc2ccc(NC(=O)N(C(=O)Nc3ccc(Cc4ccc(OC#N)cc4)cc3)c3ccc(Cc4ccc(N(C(=O)Nc5ccc(Cc6ccc(OC#N)cc6)cc5)C(=O)Nc5ccc(Cc6ccc(OC#N)cc6)cc5)cc4)cc3)cc2)cc1. The highest BCUT2D eigenvalue weighted by Crippen LogP contribution is 2.27. The maximum absolute atomic E-state index is 14.3. The number of imide groups is 2. The Morgan fingerprint density at radius 1 is 0.253 bits per heavy atom. The number of carbonyl (C=O) groups excluding carboxylic acids is 4. The number of anilines is 6. The third-order valence-electron chi connectivity index (χ3n) is 14.4. The van der Waals surface area contributed by atoms with Gasteiger partial charge in [0.15, 0.2) is 0 Å². The van der Waals surface area contributed by atoms with Crippen molar-refractivity contribution in [3.8, 4) is 48.0 Å².